The molecule has 0 aliphatic heterocycles. The average Bonchev–Trinajstić information content (AvgIpc) is 3.49. The summed E-state index contributed by atoms with van der Waals surface area (Å²) in [7, 11) is 0. The van der Waals surface area contributed by atoms with Gasteiger partial charge in [0.05, 0.1) is 11.0 Å². The van der Waals surface area contributed by atoms with Crippen molar-refractivity contribution in [2.75, 3.05) is 0 Å². The summed E-state index contributed by atoms with van der Waals surface area (Å²) in [6.07, 6.45) is 0. The van der Waals surface area contributed by atoms with Crippen LogP contribution in [0.3, 0.4) is 0 Å². The Morgan fingerprint density at radius 2 is 0.830 bits per heavy atom. The number of fused-ring (bicyclic) bond motifs is 4. The molecule has 0 atom stereocenters. The molecule has 220 valence electrons. The second-order valence-corrected chi connectivity index (χ2v) is 11.7. The van der Waals surface area contributed by atoms with Gasteiger partial charge in [0.2, 0.25) is 0 Å². The minimum Gasteiger partial charge on any atom is -0.309 e. The number of benzene rings is 7. The Bertz CT molecular complexity index is 2510. The molecule has 7 aromatic carbocycles. The van der Waals surface area contributed by atoms with Crippen LogP contribution >= 0.6 is 0 Å². The van der Waals surface area contributed by atoms with Crippen LogP contribution in [0.15, 0.2) is 170 Å². The van der Waals surface area contributed by atoms with Crippen molar-refractivity contribution < 1.29 is 0 Å². The van der Waals surface area contributed by atoms with E-state index >= 15 is 0 Å². The second-order valence-electron chi connectivity index (χ2n) is 11.7. The van der Waals surface area contributed by atoms with Crippen molar-refractivity contribution in [2.24, 2.45) is 0 Å². The van der Waals surface area contributed by atoms with E-state index < -0.39 is 0 Å². The Morgan fingerprint density at radius 3 is 1.53 bits per heavy atom. The predicted molar refractivity (Wildman–Crippen MR) is 193 cm³/mol. The number of para-hydroxylation sites is 2. The number of hydrogen-bond donors (Lipinski definition) is 0. The molecule has 2 aromatic heterocycles. The van der Waals surface area contributed by atoms with Crippen LogP contribution in [0.1, 0.15) is 0 Å². The van der Waals surface area contributed by atoms with E-state index in [4.69, 9.17) is 15.0 Å². The summed E-state index contributed by atoms with van der Waals surface area (Å²) in [4.78, 5) is 14.9. The summed E-state index contributed by atoms with van der Waals surface area (Å²) in [5.41, 5.74) is 8.67. The molecule has 9 aromatic rings. The molecular weight excluding hydrogens is 573 g/mol. The summed E-state index contributed by atoms with van der Waals surface area (Å²) >= 11 is 0. The Balaban J connectivity index is 1.12. The predicted octanol–water partition coefficient (Wildman–Crippen LogP) is 10.8. The molecule has 0 radical (unpaired) electrons. The third-order valence-corrected chi connectivity index (χ3v) is 8.84. The molecule has 0 bridgehead atoms. The standard InChI is InChI=1S/C43H28N4/c1-2-12-31(13-3-1)41-44-42(46-43(45-41)35-26-23-29-11-4-5-14-33(29)27-35)32-24-21-30(22-25-32)34-15-10-16-36(28-34)47-39-19-8-6-17-37(39)38-18-7-9-20-40(38)47/h1-28H. The maximum absolute atomic E-state index is 4.99. The normalized spacial score (nSPS) is 11.4. The Hall–Kier alpha value is -6.39. The van der Waals surface area contributed by atoms with Crippen LogP contribution in [-0.4, -0.2) is 19.5 Å². The van der Waals surface area contributed by atoms with Crippen LogP contribution in [0.2, 0.25) is 0 Å². The highest BCUT2D eigenvalue weighted by atomic mass is 15.0. The minimum atomic E-state index is 0.646. The van der Waals surface area contributed by atoms with Gasteiger partial charge in [-0.25, -0.2) is 15.0 Å². The van der Waals surface area contributed by atoms with Crippen LogP contribution in [0, 0.1) is 0 Å². The van der Waals surface area contributed by atoms with E-state index in [-0.39, 0.29) is 0 Å². The van der Waals surface area contributed by atoms with Gasteiger partial charge >= 0.3 is 0 Å². The molecule has 0 fully saturated rings. The lowest BCUT2D eigenvalue weighted by Crippen LogP contribution is -2.00. The first-order valence-electron chi connectivity index (χ1n) is 15.8. The van der Waals surface area contributed by atoms with Crippen molar-refractivity contribution in [1.29, 1.82) is 0 Å². The third-order valence-electron chi connectivity index (χ3n) is 8.84. The van der Waals surface area contributed by atoms with Crippen molar-refractivity contribution in [2.45, 2.75) is 0 Å². The van der Waals surface area contributed by atoms with Crippen LogP contribution in [0.4, 0.5) is 0 Å². The van der Waals surface area contributed by atoms with Gasteiger partial charge in [-0.1, -0.05) is 140 Å². The van der Waals surface area contributed by atoms with Crippen molar-refractivity contribution >= 4 is 32.6 Å². The molecular formula is C43H28N4. The topological polar surface area (TPSA) is 43.6 Å². The van der Waals surface area contributed by atoms with Gasteiger partial charge in [-0.3, -0.25) is 0 Å². The quantitative estimate of drug-likeness (QED) is 0.197. The van der Waals surface area contributed by atoms with Crippen LogP contribution in [-0.2, 0) is 0 Å². The van der Waals surface area contributed by atoms with E-state index in [9.17, 15) is 0 Å². The zero-order valence-corrected chi connectivity index (χ0v) is 25.5. The molecule has 0 saturated carbocycles. The lowest BCUT2D eigenvalue weighted by molar-refractivity contribution is 1.07. The molecule has 4 heteroatoms. The van der Waals surface area contributed by atoms with Gasteiger partial charge in [0.25, 0.3) is 0 Å². The number of aromatic nitrogens is 4. The molecule has 0 aliphatic carbocycles. The van der Waals surface area contributed by atoms with Crippen molar-refractivity contribution in [3.05, 3.63) is 170 Å². The first kappa shape index (κ1) is 27.0. The monoisotopic (exact) mass is 600 g/mol. The van der Waals surface area contributed by atoms with E-state index in [2.05, 4.69) is 144 Å². The molecule has 0 saturated heterocycles. The Labute approximate surface area is 272 Å². The molecule has 0 unspecified atom stereocenters. The maximum Gasteiger partial charge on any atom is 0.164 e. The van der Waals surface area contributed by atoms with Crippen molar-refractivity contribution in [1.82, 2.24) is 19.5 Å². The highest BCUT2D eigenvalue weighted by Gasteiger charge is 2.14. The molecule has 0 spiro atoms. The summed E-state index contributed by atoms with van der Waals surface area (Å²) < 4.78 is 2.35. The van der Waals surface area contributed by atoms with Gasteiger partial charge < -0.3 is 4.57 Å². The van der Waals surface area contributed by atoms with Gasteiger partial charge in [-0.15, -0.1) is 0 Å². The number of hydrogen-bond acceptors (Lipinski definition) is 3. The van der Waals surface area contributed by atoms with Gasteiger partial charge in [-0.2, -0.15) is 0 Å². The Morgan fingerprint density at radius 1 is 0.319 bits per heavy atom. The van der Waals surface area contributed by atoms with Crippen molar-refractivity contribution in [3.8, 4) is 51.0 Å². The lowest BCUT2D eigenvalue weighted by Gasteiger charge is -2.11. The summed E-state index contributed by atoms with van der Waals surface area (Å²) in [6, 6.07) is 59.3. The van der Waals surface area contributed by atoms with Gasteiger partial charge in [-0.05, 0) is 52.2 Å². The Kier molecular flexibility index (Phi) is 6.43. The summed E-state index contributed by atoms with van der Waals surface area (Å²) in [6.45, 7) is 0. The lowest BCUT2D eigenvalue weighted by atomic mass is 10.0. The SMILES string of the molecule is c1ccc(-c2nc(-c3ccc(-c4cccc(-n5c6ccccc6c6ccccc65)c4)cc3)nc(-c3ccc4ccccc4c3)n2)cc1. The van der Waals surface area contributed by atoms with Crippen LogP contribution in [0.25, 0.3) is 83.6 Å². The first-order valence-corrected chi connectivity index (χ1v) is 15.8. The van der Waals surface area contributed by atoms with Crippen LogP contribution < -0.4 is 0 Å². The molecule has 0 amide bonds. The fraction of sp³-hybridized carbons (Fsp3) is 0. The third kappa shape index (κ3) is 4.84. The van der Waals surface area contributed by atoms with Gasteiger partial charge in [0, 0.05) is 33.2 Å². The number of rotatable bonds is 5. The van der Waals surface area contributed by atoms with Gasteiger partial charge in [0.15, 0.2) is 17.5 Å². The second kappa shape index (κ2) is 11.2. The molecule has 9 rings (SSSR count). The highest BCUT2D eigenvalue weighted by Crippen LogP contribution is 2.34. The van der Waals surface area contributed by atoms with E-state index in [1.54, 1.807) is 0 Å². The number of nitrogens with zero attached hydrogens (tertiary/aromatic N) is 4. The van der Waals surface area contributed by atoms with E-state index in [1.165, 1.54) is 27.2 Å². The highest BCUT2D eigenvalue weighted by molar-refractivity contribution is 6.09. The largest absolute Gasteiger partial charge is 0.309 e. The van der Waals surface area contributed by atoms with E-state index in [1.807, 2.05) is 30.3 Å². The van der Waals surface area contributed by atoms with Gasteiger partial charge in [0.1, 0.15) is 0 Å². The average molecular weight is 601 g/mol. The molecule has 4 nitrogen and oxygen atoms in total. The van der Waals surface area contributed by atoms with Crippen molar-refractivity contribution in [3.63, 3.8) is 0 Å². The smallest absolute Gasteiger partial charge is 0.164 e. The molecule has 0 N–H and O–H groups in total. The molecule has 47 heavy (non-hydrogen) atoms. The van der Waals surface area contributed by atoms with E-state index in [0.717, 1.165) is 38.9 Å². The fourth-order valence-electron chi connectivity index (χ4n) is 6.52. The zero-order chi connectivity index (χ0) is 31.2. The van der Waals surface area contributed by atoms with E-state index in [0.29, 0.717) is 17.5 Å². The zero-order valence-electron chi connectivity index (χ0n) is 25.5. The summed E-state index contributed by atoms with van der Waals surface area (Å²) in [5.74, 6) is 1.96. The molecule has 0 aliphatic rings. The van der Waals surface area contributed by atoms with Crippen LogP contribution in [0.5, 0.6) is 0 Å². The minimum absolute atomic E-state index is 0.646. The maximum atomic E-state index is 4.99. The first-order chi connectivity index (χ1) is 23.3. The fourth-order valence-corrected chi connectivity index (χ4v) is 6.52. The summed E-state index contributed by atoms with van der Waals surface area (Å²) in [5, 5.41) is 4.86. The molecule has 2 heterocycles.